The van der Waals surface area contributed by atoms with E-state index in [1.807, 2.05) is 55.5 Å². The second-order valence-corrected chi connectivity index (χ2v) is 9.04. The quantitative estimate of drug-likeness (QED) is 0.412. The molecular weight excluding hydrogens is 464 g/mol. The largest absolute Gasteiger partial charge is 0.452 e. The molecule has 1 amide bonds. The fourth-order valence-corrected chi connectivity index (χ4v) is 4.36. The zero-order valence-electron chi connectivity index (χ0n) is 19.3. The monoisotopic (exact) mass is 488 g/mol. The van der Waals surface area contributed by atoms with Gasteiger partial charge >= 0.3 is 5.97 Å². The van der Waals surface area contributed by atoms with Crippen LogP contribution in [0.4, 0.5) is 5.69 Å². The molecule has 0 unspecified atom stereocenters. The summed E-state index contributed by atoms with van der Waals surface area (Å²) in [7, 11) is 0. The number of rotatable bonds is 5. The third-order valence-electron chi connectivity index (χ3n) is 6.18. The van der Waals surface area contributed by atoms with Crippen LogP contribution in [0.25, 0.3) is 22.4 Å². The molecule has 1 aliphatic rings. The van der Waals surface area contributed by atoms with Gasteiger partial charge in [0, 0.05) is 42.5 Å². The Morgan fingerprint density at radius 1 is 1.00 bits per heavy atom. The Kier molecular flexibility index (Phi) is 6.42. The predicted molar refractivity (Wildman–Crippen MR) is 137 cm³/mol. The van der Waals surface area contributed by atoms with Crippen LogP contribution in [0.1, 0.15) is 15.9 Å². The highest BCUT2D eigenvalue weighted by atomic mass is 35.5. The maximum absolute atomic E-state index is 12.6. The summed E-state index contributed by atoms with van der Waals surface area (Å²) in [6.45, 7) is 4.26. The van der Waals surface area contributed by atoms with Crippen molar-refractivity contribution in [3.05, 3.63) is 82.9 Å². The number of amides is 1. The standard InChI is InChI=1S/C27H25ClN4O3/c1-18-5-7-19(8-6-18)26-29-23-10-9-20(15-24(23)30-26)27(34)35-17-25(33)32-13-11-31(12-14-32)22-4-2-3-21(28)16-22/h2-10,15-16H,11-14,17H2,1H3,(H,29,30). The molecule has 1 aliphatic heterocycles. The lowest BCUT2D eigenvalue weighted by atomic mass is 10.1. The normalized spacial score (nSPS) is 13.8. The number of esters is 1. The van der Waals surface area contributed by atoms with E-state index in [0.717, 1.165) is 28.1 Å². The molecule has 1 fully saturated rings. The highest BCUT2D eigenvalue weighted by molar-refractivity contribution is 6.30. The number of hydrogen-bond donors (Lipinski definition) is 1. The maximum Gasteiger partial charge on any atom is 0.338 e. The summed E-state index contributed by atoms with van der Waals surface area (Å²) in [5, 5.41) is 0.688. The first-order valence-corrected chi connectivity index (χ1v) is 11.9. The molecule has 0 aliphatic carbocycles. The van der Waals surface area contributed by atoms with Crippen LogP contribution in [0.5, 0.6) is 0 Å². The Hall–Kier alpha value is -3.84. The van der Waals surface area contributed by atoms with E-state index >= 15 is 0 Å². The van der Waals surface area contributed by atoms with Gasteiger partial charge < -0.3 is 19.5 Å². The predicted octanol–water partition coefficient (Wildman–Crippen LogP) is 4.70. The maximum atomic E-state index is 12.6. The smallest absolute Gasteiger partial charge is 0.338 e. The molecule has 0 saturated carbocycles. The van der Waals surface area contributed by atoms with Crippen molar-refractivity contribution < 1.29 is 14.3 Å². The van der Waals surface area contributed by atoms with Gasteiger partial charge in [0.15, 0.2) is 6.61 Å². The number of imidazole rings is 1. The lowest BCUT2D eigenvalue weighted by Gasteiger charge is -2.36. The number of nitrogens with one attached hydrogen (secondary N) is 1. The molecule has 1 saturated heterocycles. The van der Waals surface area contributed by atoms with Crippen LogP contribution in [0.2, 0.25) is 5.02 Å². The zero-order chi connectivity index (χ0) is 24.4. The highest BCUT2D eigenvalue weighted by Crippen LogP contribution is 2.23. The number of anilines is 1. The number of H-pyrrole nitrogens is 1. The number of ether oxygens (including phenoxy) is 1. The van der Waals surface area contributed by atoms with Gasteiger partial charge in [-0.1, -0.05) is 47.5 Å². The lowest BCUT2D eigenvalue weighted by Crippen LogP contribution is -2.49. The van der Waals surface area contributed by atoms with Gasteiger partial charge in [0.05, 0.1) is 16.6 Å². The average molecular weight is 489 g/mol. The van der Waals surface area contributed by atoms with Crippen molar-refractivity contribution in [3.63, 3.8) is 0 Å². The van der Waals surface area contributed by atoms with Crippen LogP contribution in [0.3, 0.4) is 0 Å². The van der Waals surface area contributed by atoms with Crippen LogP contribution in [0.15, 0.2) is 66.7 Å². The molecular formula is C27H25ClN4O3. The number of aromatic amines is 1. The second-order valence-electron chi connectivity index (χ2n) is 8.61. The number of nitrogens with zero attached hydrogens (tertiary/aromatic N) is 3. The molecule has 35 heavy (non-hydrogen) atoms. The van der Waals surface area contributed by atoms with E-state index in [4.69, 9.17) is 16.3 Å². The number of aromatic nitrogens is 2. The van der Waals surface area contributed by atoms with Crippen molar-refractivity contribution in [2.24, 2.45) is 0 Å². The Morgan fingerprint density at radius 3 is 2.51 bits per heavy atom. The first-order chi connectivity index (χ1) is 17.0. The van der Waals surface area contributed by atoms with Crippen molar-refractivity contribution >= 4 is 40.2 Å². The average Bonchev–Trinajstić information content (AvgIpc) is 3.31. The number of benzene rings is 3. The lowest BCUT2D eigenvalue weighted by molar-refractivity contribution is -0.134. The number of carbonyl (C=O) groups excluding carboxylic acids is 2. The molecule has 0 spiro atoms. The molecule has 1 aromatic heterocycles. The molecule has 178 valence electrons. The van der Waals surface area contributed by atoms with Crippen molar-refractivity contribution in [2.45, 2.75) is 6.92 Å². The fourth-order valence-electron chi connectivity index (χ4n) is 4.17. The molecule has 0 atom stereocenters. The minimum atomic E-state index is -0.538. The number of carbonyl (C=O) groups is 2. The van der Waals surface area contributed by atoms with Gasteiger partial charge in [0.2, 0.25) is 0 Å². The van der Waals surface area contributed by atoms with Gasteiger partial charge in [-0.25, -0.2) is 9.78 Å². The minimum absolute atomic E-state index is 0.201. The van der Waals surface area contributed by atoms with Crippen LogP contribution in [0, 0.1) is 6.92 Å². The topological polar surface area (TPSA) is 78.5 Å². The zero-order valence-corrected chi connectivity index (χ0v) is 20.1. The van der Waals surface area contributed by atoms with Crippen molar-refractivity contribution in [3.8, 4) is 11.4 Å². The van der Waals surface area contributed by atoms with Gasteiger partial charge in [-0.2, -0.15) is 0 Å². The molecule has 8 heteroatoms. The van der Waals surface area contributed by atoms with Crippen LogP contribution >= 0.6 is 11.6 Å². The van der Waals surface area contributed by atoms with E-state index in [-0.39, 0.29) is 12.5 Å². The van der Waals surface area contributed by atoms with E-state index in [2.05, 4.69) is 14.9 Å². The second kappa shape index (κ2) is 9.80. The molecule has 0 radical (unpaired) electrons. The SMILES string of the molecule is Cc1ccc(-c2nc3ccc(C(=O)OCC(=O)N4CCN(c5cccc(Cl)c5)CC4)cc3[nH]2)cc1. The van der Waals surface area contributed by atoms with Gasteiger partial charge in [0.1, 0.15) is 5.82 Å². The van der Waals surface area contributed by atoms with Gasteiger partial charge in [-0.15, -0.1) is 0 Å². The summed E-state index contributed by atoms with van der Waals surface area (Å²) in [6.07, 6.45) is 0. The summed E-state index contributed by atoms with van der Waals surface area (Å²) in [5.41, 5.74) is 5.04. The Labute approximate surface area is 208 Å². The fraction of sp³-hybridized carbons (Fsp3) is 0.222. The van der Waals surface area contributed by atoms with Crippen molar-refractivity contribution in [2.75, 3.05) is 37.7 Å². The van der Waals surface area contributed by atoms with Crippen molar-refractivity contribution in [1.82, 2.24) is 14.9 Å². The Morgan fingerprint density at radius 2 is 1.77 bits per heavy atom. The van der Waals surface area contributed by atoms with E-state index in [0.29, 0.717) is 36.8 Å². The molecule has 5 rings (SSSR count). The number of halogens is 1. The molecule has 4 aromatic rings. The first-order valence-electron chi connectivity index (χ1n) is 11.5. The molecule has 7 nitrogen and oxygen atoms in total. The summed E-state index contributed by atoms with van der Waals surface area (Å²) < 4.78 is 5.33. The van der Waals surface area contributed by atoms with E-state index in [1.165, 1.54) is 5.56 Å². The van der Waals surface area contributed by atoms with E-state index in [9.17, 15) is 9.59 Å². The number of piperazine rings is 1. The van der Waals surface area contributed by atoms with Crippen LogP contribution in [-0.2, 0) is 9.53 Å². The van der Waals surface area contributed by atoms with Crippen molar-refractivity contribution in [1.29, 1.82) is 0 Å². The molecule has 2 heterocycles. The molecule has 3 aromatic carbocycles. The summed E-state index contributed by atoms with van der Waals surface area (Å²) in [6, 6.07) is 20.9. The van der Waals surface area contributed by atoms with Gasteiger partial charge in [-0.05, 0) is 43.3 Å². The van der Waals surface area contributed by atoms with Gasteiger partial charge in [-0.3, -0.25) is 4.79 Å². The Bertz CT molecular complexity index is 1370. The molecule has 1 N–H and O–H groups in total. The van der Waals surface area contributed by atoms with Crippen LogP contribution in [-0.4, -0.2) is 59.5 Å². The number of fused-ring (bicyclic) bond motifs is 1. The van der Waals surface area contributed by atoms with E-state index in [1.54, 1.807) is 23.1 Å². The Balaban J connectivity index is 1.17. The summed E-state index contributed by atoms with van der Waals surface area (Å²) in [4.78, 5) is 37.0. The first kappa shape index (κ1) is 22.9. The van der Waals surface area contributed by atoms with E-state index < -0.39 is 5.97 Å². The minimum Gasteiger partial charge on any atom is -0.452 e. The number of hydrogen-bond acceptors (Lipinski definition) is 5. The molecule has 0 bridgehead atoms. The highest BCUT2D eigenvalue weighted by Gasteiger charge is 2.23. The van der Waals surface area contributed by atoms with Gasteiger partial charge in [0.25, 0.3) is 5.91 Å². The van der Waals surface area contributed by atoms with Crippen LogP contribution < -0.4 is 4.90 Å². The summed E-state index contributed by atoms with van der Waals surface area (Å²) >= 11 is 6.09. The number of aryl methyl sites for hydroxylation is 1. The summed E-state index contributed by atoms with van der Waals surface area (Å²) in [5.74, 6) is -0.00437. The third-order valence-corrected chi connectivity index (χ3v) is 6.41. The third kappa shape index (κ3) is 5.15.